The Hall–Kier alpha value is -3.59. The molecule has 1 saturated heterocycles. The molecule has 2 aromatic rings. The van der Waals surface area contributed by atoms with Gasteiger partial charge in [-0.15, -0.1) is 0 Å². The number of carbonyl (C=O) groups excluding carboxylic acids is 2. The Kier molecular flexibility index (Phi) is 6.70. The highest BCUT2D eigenvalue weighted by atomic mass is 19.4. The molecule has 1 saturated carbocycles. The largest absolute Gasteiger partial charge is 0.485 e. The summed E-state index contributed by atoms with van der Waals surface area (Å²) in [5, 5.41) is 16.2. The third-order valence-corrected chi connectivity index (χ3v) is 7.09. The van der Waals surface area contributed by atoms with Gasteiger partial charge < -0.3 is 15.8 Å². The fourth-order valence-corrected chi connectivity index (χ4v) is 5.23. The van der Waals surface area contributed by atoms with E-state index in [1.54, 1.807) is 4.68 Å². The summed E-state index contributed by atoms with van der Waals surface area (Å²) in [5.41, 5.74) is 3.66. The van der Waals surface area contributed by atoms with E-state index in [0.29, 0.717) is 38.1 Å². The second-order valence-corrected chi connectivity index (χ2v) is 9.73. The lowest BCUT2D eigenvalue weighted by molar-refractivity contribution is -0.137. The zero-order chi connectivity index (χ0) is 26.1. The molecular weight excluding hydrogens is 477 g/mol. The number of halogens is 3. The first-order valence-electron chi connectivity index (χ1n) is 11.6. The molecule has 0 radical (unpaired) electrons. The van der Waals surface area contributed by atoms with E-state index >= 15 is 0 Å². The average Bonchev–Trinajstić information content (AvgIpc) is 3.23. The van der Waals surface area contributed by atoms with E-state index in [4.69, 9.17) is 10.5 Å². The standard InChI is InChI=1S/C24H27F3N6O3/c1-22(36-18-4-2-16(3-5-18)24(25,26)27)13-32(14-22)17-6-8-23(9-7-17,10-11-28)33-12-19(20(29)35)21(31-33)30-15-34/h2-5,12,15,17H,6-10,13-14H2,1H3,(H2,29,35)(H,30,31,34). The van der Waals surface area contributed by atoms with Crippen LogP contribution in [-0.2, 0) is 16.5 Å². The molecule has 4 rings (SSSR count). The topological polar surface area (TPSA) is 126 Å². The number of nitrogens with one attached hydrogen (secondary N) is 1. The minimum Gasteiger partial charge on any atom is -0.485 e. The van der Waals surface area contributed by atoms with Crippen LogP contribution in [0.2, 0.25) is 0 Å². The number of benzene rings is 1. The monoisotopic (exact) mass is 504 g/mol. The Labute approximate surface area is 206 Å². The fraction of sp³-hybridized carbons (Fsp3) is 0.500. The second-order valence-electron chi connectivity index (χ2n) is 9.73. The fourth-order valence-electron chi connectivity index (χ4n) is 5.23. The normalized spacial score (nSPS) is 23.8. The predicted molar refractivity (Wildman–Crippen MR) is 123 cm³/mol. The van der Waals surface area contributed by atoms with E-state index in [9.17, 15) is 28.0 Å². The maximum absolute atomic E-state index is 12.8. The van der Waals surface area contributed by atoms with Crippen molar-refractivity contribution < 1.29 is 27.5 Å². The van der Waals surface area contributed by atoms with Crippen molar-refractivity contribution in [2.24, 2.45) is 5.73 Å². The lowest BCUT2D eigenvalue weighted by Gasteiger charge is -2.53. The first-order chi connectivity index (χ1) is 17.0. The van der Waals surface area contributed by atoms with Crippen molar-refractivity contribution in [2.75, 3.05) is 18.4 Å². The third-order valence-electron chi connectivity index (χ3n) is 7.09. The van der Waals surface area contributed by atoms with Crippen molar-refractivity contribution in [1.29, 1.82) is 5.26 Å². The first-order valence-corrected chi connectivity index (χ1v) is 11.6. The highest BCUT2D eigenvalue weighted by Crippen LogP contribution is 2.42. The number of alkyl halides is 3. The molecule has 2 amide bonds. The Morgan fingerprint density at radius 1 is 1.31 bits per heavy atom. The van der Waals surface area contributed by atoms with Crippen molar-refractivity contribution in [3.8, 4) is 11.8 Å². The average molecular weight is 505 g/mol. The third kappa shape index (κ3) is 5.02. The molecule has 1 aliphatic carbocycles. The quantitative estimate of drug-likeness (QED) is 0.532. The van der Waals surface area contributed by atoms with Crippen LogP contribution >= 0.6 is 0 Å². The van der Waals surface area contributed by atoms with E-state index in [0.717, 1.165) is 25.0 Å². The number of carbonyl (C=O) groups is 2. The van der Waals surface area contributed by atoms with Crippen LogP contribution in [0.25, 0.3) is 0 Å². The number of likely N-dealkylation sites (tertiary alicyclic amines) is 1. The van der Waals surface area contributed by atoms with Gasteiger partial charge in [-0.3, -0.25) is 19.2 Å². The van der Waals surface area contributed by atoms with Gasteiger partial charge in [-0.25, -0.2) is 0 Å². The molecule has 0 spiro atoms. The summed E-state index contributed by atoms with van der Waals surface area (Å²) in [4.78, 5) is 24.9. The second kappa shape index (κ2) is 9.46. The highest BCUT2D eigenvalue weighted by molar-refractivity contribution is 5.99. The lowest BCUT2D eigenvalue weighted by Crippen LogP contribution is -2.66. The summed E-state index contributed by atoms with van der Waals surface area (Å²) in [6.45, 7) is 3.19. The van der Waals surface area contributed by atoms with Crippen molar-refractivity contribution in [3.63, 3.8) is 0 Å². The van der Waals surface area contributed by atoms with E-state index in [-0.39, 0.29) is 23.8 Å². The zero-order valence-electron chi connectivity index (χ0n) is 19.7. The van der Waals surface area contributed by atoms with Crippen molar-refractivity contribution in [3.05, 3.63) is 41.6 Å². The van der Waals surface area contributed by atoms with Crippen LogP contribution in [0.3, 0.4) is 0 Å². The van der Waals surface area contributed by atoms with E-state index in [2.05, 4.69) is 21.4 Å². The molecule has 3 N–H and O–H groups in total. The van der Waals surface area contributed by atoms with Crippen LogP contribution in [0.15, 0.2) is 30.5 Å². The molecule has 1 aromatic carbocycles. The van der Waals surface area contributed by atoms with Crippen LogP contribution in [0.1, 0.15) is 54.9 Å². The van der Waals surface area contributed by atoms with Crippen LogP contribution in [0.5, 0.6) is 5.75 Å². The molecule has 0 unspecified atom stereocenters. The summed E-state index contributed by atoms with van der Waals surface area (Å²) < 4.78 is 45.9. The SMILES string of the molecule is CC1(Oc2ccc(C(F)(F)F)cc2)CN(C2CCC(CC#N)(n3cc(C(N)=O)c(NC=O)n3)CC2)C1. The molecule has 1 aliphatic heterocycles. The first kappa shape index (κ1) is 25.5. The number of rotatable bonds is 8. The summed E-state index contributed by atoms with van der Waals surface area (Å²) in [7, 11) is 0. The van der Waals surface area contributed by atoms with Gasteiger partial charge in [-0.2, -0.15) is 23.5 Å². The number of anilines is 1. The van der Waals surface area contributed by atoms with Gasteiger partial charge in [0.25, 0.3) is 5.91 Å². The van der Waals surface area contributed by atoms with Crippen molar-refractivity contribution in [2.45, 2.75) is 62.4 Å². The minimum absolute atomic E-state index is 0.0656. The van der Waals surface area contributed by atoms with Crippen molar-refractivity contribution in [1.82, 2.24) is 14.7 Å². The highest BCUT2D eigenvalue weighted by Gasteiger charge is 2.47. The Morgan fingerprint density at radius 3 is 2.47 bits per heavy atom. The molecule has 12 heteroatoms. The van der Waals surface area contributed by atoms with Crippen LogP contribution < -0.4 is 15.8 Å². The zero-order valence-corrected chi connectivity index (χ0v) is 19.7. The number of hydrogen-bond donors (Lipinski definition) is 2. The smallest absolute Gasteiger partial charge is 0.416 e. The lowest BCUT2D eigenvalue weighted by atomic mass is 9.76. The van der Waals surface area contributed by atoms with Gasteiger partial charge >= 0.3 is 6.18 Å². The number of hydrogen-bond acceptors (Lipinski definition) is 6. The molecule has 9 nitrogen and oxygen atoms in total. The van der Waals surface area contributed by atoms with Gasteiger partial charge in [0, 0.05) is 25.3 Å². The Balaban J connectivity index is 1.38. The van der Waals surface area contributed by atoms with E-state index < -0.39 is 28.8 Å². The molecule has 1 aromatic heterocycles. The van der Waals surface area contributed by atoms with Crippen LogP contribution in [-0.4, -0.2) is 51.7 Å². The van der Waals surface area contributed by atoms with E-state index in [1.165, 1.54) is 18.3 Å². The molecule has 2 heterocycles. The maximum Gasteiger partial charge on any atom is 0.416 e. The predicted octanol–water partition coefficient (Wildman–Crippen LogP) is 3.27. The molecule has 2 fully saturated rings. The summed E-state index contributed by atoms with van der Waals surface area (Å²) in [6.07, 6.45) is 0.541. The Morgan fingerprint density at radius 2 is 1.94 bits per heavy atom. The molecule has 0 bridgehead atoms. The van der Waals surface area contributed by atoms with Gasteiger partial charge in [0.05, 0.1) is 23.6 Å². The Bertz CT molecular complexity index is 1160. The number of nitrogens with zero attached hydrogens (tertiary/aromatic N) is 4. The molecular formula is C24H27F3N6O3. The molecule has 192 valence electrons. The molecule has 2 aliphatic rings. The van der Waals surface area contributed by atoms with Gasteiger partial charge in [0.1, 0.15) is 16.9 Å². The number of nitrogens with two attached hydrogens (primary N) is 1. The van der Waals surface area contributed by atoms with Gasteiger partial charge in [-0.05, 0) is 56.9 Å². The summed E-state index contributed by atoms with van der Waals surface area (Å²) in [5.74, 6) is -0.263. The van der Waals surface area contributed by atoms with E-state index in [1.807, 2.05) is 6.92 Å². The van der Waals surface area contributed by atoms with Gasteiger partial charge in [0.15, 0.2) is 5.82 Å². The summed E-state index contributed by atoms with van der Waals surface area (Å²) >= 11 is 0. The summed E-state index contributed by atoms with van der Waals surface area (Å²) in [6, 6.07) is 7.18. The number of nitriles is 1. The molecule has 36 heavy (non-hydrogen) atoms. The van der Waals surface area contributed by atoms with Crippen LogP contribution in [0.4, 0.5) is 19.0 Å². The van der Waals surface area contributed by atoms with Crippen LogP contribution in [0, 0.1) is 11.3 Å². The number of amides is 2. The van der Waals surface area contributed by atoms with Crippen molar-refractivity contribution >= 4 is 18.1 Å². The maximum atomic E-state index is 12.8. The minimum atomic E-state index is -4.39. The number of primary amides is 1. The molecule has 0 atom stereocenters. The van der Waals surface area contributed by atoms with Gasteiger partial charge in [-0.1, -0.05) is 0 Å². The number of ether oxygens (including phenoxy) is 1. The number of aromatic nitrogens is 2. The van der Waals surface area contributed by atoms with Gasteiger partial charge in [0.2, 0.25) is 6.41 Å².